The molecule has 10 fully saturated rings. The molecule has 0 aromatic carbocycles. The summed E-state index contributed by atoms with van der Waals surface area (Å²) in [6.07, 6.45) is 19.7. The molecule has 8 bridgehead atoms. The van der Waals surface area contributed by atoms with Crippen LogP contribution in [0.25, 0.3) is 0 Å². The van der Waals surface area contributed by atoms with Crippen LogP contribution in [0.15, 0.2) is 0 Å². The van der Waals surface area contributed by atoms with Crippen molar-refractivity contribution >= 4 is 0 Å². The summed E-state index contributed by atoms with van der Waals surface area (Å²) >= 11 is 0. The third-order valence-corrected chi connectivity index (χ3v) is 11.1. The molecule has 29 heavy (non-hydrogen) atoms. The second kappa shape index (κ2) is 5.81. The van der Waals surface area contributed by atoms with Gasteiger partial charge in [0.15, 0.2) is 0 Å². The molecular formula is C26H38O3. The van der Waals surface area contributed by atoms with Gasteiger partial charge in [0.25, 0.3) is 0 Å². The Morgan fingerprint density at radius 2 is 0.828 bits per heavy atom. The lowest BCUT2D eigenvalue weighted by molar-refractivity contribution is -0.0672. The molecule has 2 saturated heterocycles. The lowest BCUT2D eigenvalue weighted by Gasteiger charge is -2.56. The van der Waals surface area contributed by atoms with Crippen molar-refractivity contribution in [1.82, 2.24) is 0 Å². The zero-order valence-electron chi connectivity index (χ0n) is 17.9. The molecule has 10 aliphatic rings. The summed E-state index contributed by atoms with van der Waals surface area (Å²) in [5.41, 5.74) is 1.08. The molecule has 4 atom stereocenters. The Hall–Kier alpha value is -0.120. The maximum Gasteiger partial charge on any atom is 0.108 e. The zero-order chi connectivity index (χ0) is 18.8. The summed E-state index contributed by atoms with van der Waals surface area (Å²) in [5, 5.41) is 0. The summed E-state index contributed by atoms with van der Waals surface area (Å²) in [6.45, 7) is 1.64. The molecule has 2 heterocycles. The average Bonchev–Trinajstić information content (AvgIpc) is 3.54. The first-order chi connectivity index (χ1) is 14.2. The van der Waals surface area contributed by atoms with Gasteiger partial charge in [-0.05, 0) is 113 Å². The molecule has 8 saturated carbocycles. The predicted molar refractivity (Wildman–Crippen MR) is 109 cm³/mol. The molecule has 10 rings (SSSR count). The Bertz CT molecular complexity index is 571. The third kappa shape index (κ3) is 2.65. The highest BCUT2D eigenvalue weighted by Crippen LogP contribution is 2.66. The highest BCUT2D eigenvalue weighted by molar-refractivity contribution is 5.12. The van der Waals surface area contributed by atoms with E-state index in [0.717, 1.165) is 48.7 Å². The Morgan fingerprint density at radius 1 is 0.517 bits per heavy atom. The smallest absolute Gasteiger partial charge is 0.108 e. The van der Waals surface area contributed by atoms with Gasteiger partial charge in [-0.3, -0.25) is 0 Å². The quantitative estimate of drug-likeness (QED) is 0.592. The number of rotatable bonds is 6. The SMILES string of the molecule is C1C2CC3CC1CC(C1OC1COCC1OC1C14CC5CC(CC(C5)C1)C4)(C2)C3. The van der Waals surface area contributed by atoms with Gasteiger partial charge >= 0.3 is 0 Å². The van der Waals surface area contributed by atoms with E-state index in [9.17, 15) is 0 Å². The van der Waals surface area contributed by atoms with Gasteiger partial charge in [0.05, 0.1) is 25.4 Å². The Balaban J connectivity index is 0.855. The van der Waals surface area contributed by atoms with Crippen LogP contribution < -0.4 is 0 Å². The summed E-state index contributed by atoms with van der Waals surface area (Å²) in [6, 6.07) is 0. The fraction of sp³-hybridized carbons (Fsp3) is 1.00. The fourth-order valence-electron chi connectivity index (χ4n) is 11.0. The van der Waals surface area contributed by atoms with Gasteiger partial charge in [0, 0.05) is 10.8 Å². The van der Waals surface area contributed by atoms with Gasteiger partial charge in [-0.15, -0.1) is 0 Å². The Morgan fingerprint density at radius 3 is 1.14 bits per heavy atom. The molecule has 4 unspecified atom stereocenters. The summed E-state index contributed by atoms with van der Waals surface area (Å²) in [7, 11) is 0. The number of ether oxygens (including phenoxy) is 3. The van der Waals surface area contributed by atoms with Crippen molar-refractivity contribution in [3.05, 3.63) is 0 Å². The second-order valence-corrected chi connectivity index (χ2v) is 13.3. The monoisotopic (exact) mass is 398 g/mol. The van der Waals surface area contributed by atoms with Gasteiger partial charge < -0.3 is 14.2 Å². The molecule has 8 aliphatic carbocycles. The van der Waals surface area contributed by atoms with Gasteiger partial charge in [-0.1, -0.05) is 0 Å². The minimum atomic E-state index is 0.392. The average molecular weight is 399 g/mol. The first-order valence-corrected chi connectivity index (χ1v) is 13.1. The van der Waals surface area contributed by atoms with Gasteiger partial charge in [-0.25, -0.2) is 0 Å². The highest BCUT2D eigenvalue weighted by Gasteiger charge is 2.63. The molecule has 0 N–H and O–H groups in total. The molecule has 0 spiro atoms. The van der Waals surface area contributed by atoms with Crippen LogP contribution in [0.3, 0.4) is 0 Å². The molecule has 0 aromatic rings. The van der Waals surface area contributed by atoms with E-state index in [0.29, 0.717) is 35.2 Å². The van der Waals surface area contributed by atoms with E-state index in [1.807, 2.05) is 0 Å². The topological polar surface area (TPSA) is 34.3 Å². The van der Waals surface area contributed by atoms with Crippen LogP contribution in [0.4, 0.5) is 0 Å². The lowest BCUT2D eigenvalue weighted by atomic mass is 9.48. The van der Waals surface area contributed by atoms with Crippen molar-refractivity contribution in [3.63, 3.8) is 0 Å². The van der Waals surface area contributed by atoms with Crippen LogP contribution in [0, 0.1) is 46.3 Å². The predicted octanol–water partition coefficient (Wildman–Crippen LogP) is 4.97. The number of epoxide rings is 2. The minimum absolute atomic E-state index is 0.392. The van der Waals surface area contributed by atoms with E-state index < -0.39 is 0 Å². The van der Waals surface area contributed by atoms with E-state index in [2.05, 4.69) is 0 Å². The van der Waals surface area contributed by atoms with Crippen molar-refractivity contribution in [1.29, 1.82) is 0 Å². The maximum atomic E-state index is 6.27. The molecule has 3 heteroatoms. The van der Waals surface area contributed by atoms with Crippen LogP contribution in [0.2, 0.25) is 0 Å². The first kappa shape index (κ1) is 17.4. The Kier molecular flexibility index (Phi) is 3.49. The second-order valence-electron chi connectivity index (χ2n) is 13.3. The van der Waals surface area contributed by atoms with Crippen LogP contribution >= 0.6 is 0 Å². The van der Waals surface area contributed by atoms with E-state index in [1.54, 1.807) is 0 Å². The maximum absolute atomic E-state index is 6.27. The van der Waals surface area contributed by atoms with Crippen molar-refractivity contribution in [2.45, 2.75) is 101 Å². The van der Waals surface area contributed by atoms with E-state index in [1.165, 1.54) is 77.0 Å². The van der Waals surface area contributed by atoms with Crippen molar-refractivity contribution in [2.24, 2.45) is 46.3 Å². The standard InChI is InChI=1S/C26H38O3/c1-15-2-17-3-16(1)8-25(7-15,9-17)23-21(28-23)13-27-14-22-24(29-22)26-10-18-4-19(11-26)6-20(5-18)12-26/h15-24H,1-14H2. The third-order valence-electron chi connectivity index (χ3n) is 11.1. The fourth-order valence-corrected chi connectivity index (χ4v) is 11.0. The minimum Gasteiger partial charge on any atom is -0.376 e. The summed E-state index contributed by atoms with van der Waals surface area (Å²) in [4.78, 5) is 0. The molecule has 0 radical (unpaired) electrons. The van der Waals surface area contributed by atoms with Crippen LogP contribution in [0.5, 0.6) is 0 Å². The van der Waals surface area contributed by atoms with Crippen LogP contribution in [-0.2, 0) is 14.2 Å². The molecule has 3 nitrogen and oxygen atoms in total. The van der Waals surface area contributed by atoms with E-state index >= 15 is 0 Å². The zero-order valence-corrected chi connectivity index (χ0v) is 17.9. The summed E-state index contributed by atoms with van der Waals surface area (Å²) in [5.74, 6) is 6.13. The number of hydrogen-bond donors (Lipinski definition) is 0. The van der Waals surface area contributed by atoms with Gasteiger partial charge in [0.1, 0.15) is 12.2 Å². The molecular weight excluding hydrogens is 360 g/mol. The molecule has 0 aromatic heterocycles. The van der Waals surface area contributed by atoms with Crippen LogP contribution in [0.1, 0.15) is 77.0 Å². The van der Waals surface area contributed by atoms with Crippen molar-refractivity contribution < 1.29 is 14.2 Å². The normalized spacial score (nSPS) is 63.3. The van der Waals surface area contributed by atoms with Crippen molar-refractivity contribution in [3.8, 4) is 0 Å². The highest BCUT2D eigenvalue weighted by atomic mass is 16.6. The van der Waals surface area contributed by atoms with E-state index in [-0.39, 0.29) is 0 Å². The van der Waals surface area contributed by atoms with Gasteiger partial charge in [0.2, 0.25) is 0 Å². The molecule has 0 amide bonds. The summed E-state index contributed by atoms with van der Waals surface area (Å²) < 4.78 is 18.7. The first-order valence-electron chi connectivity index (χ1n) is 13.1. The lowest BCUT2D eigenvalue weighted by Crippen LogP contribution is -2.49. The Labute approximate surface area is 175 Å². The van der Waals surface area contributed by atoms with Crippen LogP contribution in [-0.4, -0.2) is 37.6 Å². The largest absolute Gasteiger partial charge is 0.376 e. The van der Waals surface area contributed by atoms with E-state index in [4.69, 9.17) is 14.2 Å². The van der Waals surface area contributed by atoms with Gasteiger partial charge in [-0.2, -0.15) is 0 Å². The molecule has 2 aliphatic heterocycles. The number of hydrogen-bond acceptors (Lipinski definition) is 3. The van der Waals surface area contributed by atoms with Crippen molar-refractivity contribution in [2.75, 3.05) is 13.2 Å². The molecule has 160 valence electrons.